The number of halogens is 1. The van der Waals surface area contributed by atoms with E-state index in [-0.39, 0.29) is 12.4 Å². The lowest BCUT2D eigenvalue weighted by Crippen LogP contribution is -2.42. The van der Waals surface area contributed by atoms with Gasteiger partial charge in [-0.1, -0.05) is 18.2 Å². The van der Waals surface area contributed by atoms with Crippen LogP contribution in [0.1, 0.15) is 31.2 Å². The molecule has 1 aromatic rings. The van der Waals surface area contributed by atoms with Crippen LogP contribution in [0.25, 0.3) is 0 Å². The van der Waals surface area contributed by atoms with Gasteiger partial charge in [-0.15, -0.1) is 12.4 Å². The minimum atomic E-state index is 0. The van der Waals surface area contributed by atoms with E-state index < -0.39 is 0 Å². The third-order valence-electron chi connectivity index (χ3n) is 6.14. The highest BCUT2D eigenvalue weighted by atomic mass is 35.5. The van der Waals surface area contributed by atoms with Crippen molar-refractivity contribution in [2.45, 2.75) is 32.1 Å². The molecule has 3 heterocycles. The molecule has 0 spiro atoms. The van der Waals surface area contributed by atoms with Crippen molar-refractivity contribution in [1.29, 1.82) is 0 Å². The molecule has 0 bridgehead atoms. The largest absolute Gasteiger partial charge is 0.371 e. The summed E-state index contributed by atoms with van der Waals surface area (Å²) in [5.41, 5.74) is 3.06. The van der Waals surface area contributed by atoms with Crippen LogP contribution in [-0.2, 0) is 6.42 Å². The molecule has 0 atom stereocenters. The number of hydrogen-bond donors (Lipinski definition) is 1. The molecule has 1 N–H and O–H groups in total. The van der Waals surface area contributed by atoms with Crippen molar-refractivity contribution in [2.75, 3.05) is 50.7 Å². The second-order valence-corrected chi connectivity index (χ2v) is 7.76. The van der Waals surface area contributed by atoms with Gasteiger partial charge in [0.2, 0.25) is 0 Å². The van der Waals surface area contributed by atoms with Crippen LogP contribution in [0, 0.1) is 11.8 Å². The van der Waals surface area contributed by atoms with Gasteiger partial charge in [0.15, 0.2) is 0 Å². The maximum Gasteiger partial charge on any atom is 0.0399 e. The summed E-state index contributed by atoms with van der Waals surface area (Å²) in [7, 11) is 0. The SMILES string of the molecule is Cl.c1ccc2c(c1)CCN2CC1CCN(CC2CCNCC2)CC1. The van der Waals surface area contributed by atoms with Gasteiger partial charge in [-0.2, -0.15) is 0 Å². The van der Waals surface area contributed by atoms with Gasteiger partial charge < -0.3 is 15.1 Å². The molecule has 0 unspecified atom stereocenters. The van der Waals surface area contributed by atoms with Crippen LogP contribution < -0.4 is 10.2 Å². The highest BCUT2D eigenvalue weighted by Crippen LogP contribution is 2.30. The van der Waals surface area contributed by atoms with E-state index >= 15 is 0 Å². The van der Waals surface area contributed by atoms with Crippen molar-refractivity contribution >= 4 is 18.1 Å². The lowest BCUT2D eigenvalue weighted by atomic mass is 9.93. The van der Waals surface area contributed by atoms with Crippen LogP contribution in [0.2, 0.25) is 0 Å². The summed E-state index contributed by atoms with van der Waals surface area (Å²) in [6, 6.07) is 8.99. The maximum atomic E-state index is 3.48. The lowest BCUT2D eigenvalue weighted by Gasteiger charge is -2.37. The summed E-state index contributed by atoms with van der Waals surface area (Å²) in [4.78, 5) is 5.38. The quantitative estimate of drug-likeness (QED) is 0.900. The predicted molar refractivity (Wildman–Crippen MR) is 104 cm³/mol. The normalized spacial score (nSPS) is 23.1. The molecule has 0 radical (unpaired) electrons. The fourth-order valence-electron chi connectivity index (χ4n) is 4.69. The Balaban J connectivity index is 0.00000169. The first-order chi connectivity index (χ1) is 11.4. The summed E-state index contributed by atoms with van der Waals surface area (Å²) in [6.07, 6.45) is 6.78. The first-order valence-corrected chi connectivity index (χ1v) is 9.64. The van der Waals surface area contributed by atoms with Gasteiger partial charge in [-0.25, -0.2) is 0 Å². The summed E-state index contributed by atoms with van der Waals surface area (Å²) >= 11 is 0. The first kappa shape index (κ1) is 18.0. The van der Waals surface area contributed by atoms with E-state index in [4.69, 9.17) is 0 Å². The van der Waals surface area contributed by atoms with Crippen molar-refractivity contribution in [3.8, 4) is 0 Å². The molecule has 1 aromatic carbocycles. The summed E-state index contributed by atoms with van der Waals surface area (Å²) in [6.45, 7) is 8.97. The Hall–Kier alpha value is -0.770. The van der Waals surface area contributed by atoms with Crippen LogP contribution in [0.5, 0.6) is 0 Å². The van der Waals surface area contributed by atoms with Crippen LogP contribution in [0.3, 0.4) is 0 Å². The third kappa shape index (κ3) is 4.25. The van der Waals surface area contributed by atoms with Gasteiger partial charge >= 0.3 is 0 Å². The fraction of sp³-hybridized carbons (Fsp3) is 0.700. The zero-order chi connectivity index (χ0) is 15.5. The Morgan fingerprint density at radius 1 is 0.875 bits per heavy atom. The number of likely N-dealkylation sites (tertiary alicyclic amines) is 1. The average molecular weight is 350 g/mol. The molecular weight excluding hydrogens is 318 g/mol. The molecule has 4 heteroatoms. The standard InChI is InChI=1S/C20H31N3.ClH/c1-2-4-20-19(3-1)9-14-23(20)16-18-7-12-22(13-8-18)15-17-5-10-21-11-6-17;/h1-4,17-18,21H,5-16H2;1H. The number of hydrogen-bond acceptors (Lipinski definition) is 3. The molecule has 4 rings (SSSR count). The Bertz CT molecular complexity index is 507. The van der Waals surface area contributed by atoms with E-state index in [1.807, 2.05) is 0 Å². The Kier molecular flexibility index (Phi) is 6.43. The first-order valence-electron chi connectivity index (χ1n) is 9.64. The van der Waals surface area contributed by atoms with Crippen molar-refractivity contribution in [3.63, 3.8) is 0 Å². The molecule has 0 aliphatic carbocycles. The number of rotatable bonds is 4. The number of benzene rings is 1. The third-order valence-corrected chi connectivity index (χ3v) is 6.14. The highest BCUT2D eigenvalue weighted by molar-refractivity contribution is 5.85. The van der Waals surface area contributed by atoms with Crippen molar-refractivity contribution in [1.82, 2.24) is 10.2 Å². The molecule has 24 heavy (non-hydrogen) atoms. The van der Waals surface area contributed by atoms with Crippen LogP contribution >= 0.6 is 12.4 Å². The van der Waals surface area contributed by atoms with Gasteiger partial charge in [-0.3, -0.25) is 0 Å². The van der Waals surface area contributed by atoms with Gasteiger partial charge in [0.25, 0.3) is 0 Å². The molecule has 0 aromatic heterocycles. The maximum absolute atomic E-state index is 3.48. The van der Waals surface area contributed by atoms with Crippen LogP contribution in [-0.4, -0.2) is 50.7 Å². The minimum absolute atomic E-state index is 0. The molecule has 0 amide bonds. The van der Waals surface area contributed by atoms with Crippen molar-refractivity contribution < 1.29 is 0 Å². The van der Waals surface area contributed by atoms with E-state index in [1.165, 1.54) is 83.6 Å². The monoisotopic (exact) mass is 349 g/mol. The van der Waals surface area contributed by atoms with Gasteiger partial charge in [0.1, 0.15) is 0 Å². The fourth-order valence-corrected chi connectivity index (χ4v) is 4.69. The molecular formula is C20H32ClN3. The van der Waals surface area contributed by atoms with Gasteiger partial charge in [-0.05, 0) is 81.7 Å². The van der Waals surface area contributed by atoms with Gasteiger partial charge in [0.05, 0.1) is 0 Å². The number of nitrogens with one attached hydrogen (secondary N) is 1. The van der Waals surface area contributed by atoms with E-state index in [2.05, 4.69) is 39.4 Å². The Labute approximate surface area is 153 Å². The predicted octanol–water partition coefficient (Wildman–Crippen LogP) is 3.18. The molecule has 3 nitrogen and oxygen atoms in total. The molecule has 3 aliphatic rings. The number of piperidine rings is 2. The Morgan fingerprint density at radius 2 is 1.58 bits per heavy atom. The molecule has 2 fully saturated rings. The molecule has 2 saturated heterocycles. The van der Waals surface area contributed by atoms with E-state index in [0.29, 0.717) is 0 Å². The number of fused-ring (bicyclic) bond motifs is 1. The van der Waals surface area contributed by atoms with E-state index in [9.17, 15) is 0 Å². The summed E-state index contributed by atoms with van der Waals surface area (Å²) in [5, 5.41) is 3.48. The van der Waals surface area contributed by atoms with Crippen LogP contribution in [0.15, 0.2) is 24.3 Å². The molecule has 3 aliphatic heterocycles. The smallest absolute Gasteiger partial charge is 0.0399 e. The van der Waals surface area contributed by atoms with E-state index in [1.54, 1.807) is 5.56 Å². The highest BCUT2D eigenvalue weighted by Gasteiger charge is 2.26. The zero-order valence-electron chi connectivity index (χ0n) is 14.8. The van der Waals surface area contributed by atoms with Gasteiger partial charge in [0, 0.05) is 25.3 Å². The van der Waals surface area contributed by atoms with E-state index in [0.717, 1.165) is 11.8 Å². The second kappa shape index (κ2) is 8.55. The average Bonchev–Trinajstić information content (AvgIpc) is 3.01. The van der Waals surface area contributed by atoms with Crippen molar-refractivity contribution in [2.24, 2.45) is 11.8 Å². The summed E-state index contributed by atoms with van der Waals surface area (Å²) in [5.74, 6) is 1.84. The molecule has 0 saturated carbocycles. The lowest BCUT2D eigenvalue weighted by molar-refractivity contribution is 0.150. The number of para-hydroxylation sites is 1. The Morgan fingerprint density at radius 3 is 2.38 bits per heavy atom. The van der Waals surface area contributed by atoms with Crippen LogP contribution in [0.4, 0.5) is 5.69 Å². The topological polar surface area (TPSA) is 18.5 Å². The minimum Gasteiger partial charge on any atom is -0.371 e. The molecule has 134 valence electrons. The number of anilines is 1. The summed E-state index contributed by atoms with van der Waals surface area (Å²) < 4.78 is 0. The zero-order valence-corrected chi connectivity index (χ0v) is 15.6. The van der Waals surface area contributed by atoms with Crippen molar-refractivity contribution in [3.05, 3.63) is 29.8 Å². The number of nitrogens with zero attached hydrogens (tertiary/aromatic N) is 2. The second-order valence-electron chi connectivity index (χ2n) is 7.76.